The first kappa shape index (κ1) is 26.4. The van der Waals surface area contributed by atoms with Crippen molar-refractivity contribution in [1.29, 1.82) is 0 Å². The van der Waals surface area contributed by atoms with Gasteiger partial charge in [-0.3, -0.25) is 4.90 Å². The van der Waals surface area contributed by atoms with E-state index in [4.69, 9.17) is 4.74 Å². The molecule has 0 saturated heterocycles. The number of fused-ring (bicyclic) bond motifs is 1. The highest BCUT2D eigenvalue weighted by atomic mass is 32.2. The molecule has 1 aliphatic heterocycles. The first-order valence-electron chi connectivity index (χ1n) is 11.4. The number of sulfone groups is 1. The summed E-state index contributed by atoms with van der Waals surface area (Å²) in [7, 11) is -1.85. The molecule has 2 N–H and O–H groups in total. The van der Waals surface area contributed by atoms with E-state index in [2.05, 4.69) is 28.7 Å². The number of benzene rings is 2. The number of rotatable bonds is 11. The molecule has 0 spiro atoms. The number of nitrogens with one attached hydrogen (secondary N) is 2. The molecule has 7 nitrogen and oxygen atoms in total. The van der Waals surface area contributed by atoms with Gasteiger partial charge in [0.05, 0.1) is 23.3 Å². The third-order valence-electron chi connectivity index (χ3n) is 5.89. The average Bonchev–Trinajstić information content (AvgIpc) is 3.23. The third-order valence-corrected chi connectivity index (χ3v) is 7.60. The molecule has 35 heavy (non-hydrogen) atoms. The summed E-state index contributed by atoms with van der Waals surface area (Å²) in [4.78, 5) is 14.8. The molecule has 1 heterocycles. The number of urea groups is 1. The molecule has 2 amide bonds. The van der Waals surface area contributed by atoms with Crippen LogP contribution in [0.5, 0.6) is 0 Å². The van der Waals surface area contributed by atoms with Crippen molar-refractivity contribution >= 4 is 21.6 Å². The predicted molar refractivity (Wildman–Crippen MR) is 140 cm³/mol. The zero-order valence-corrected chi connectivity index (χ0v) is 21.1. The van der Waals surface area contributed by atoms with Crippen LogP contribution in [0.15, 0.2) is 84.3 Å². The summed E-state index contributed by atoms with van der Waals surface area (Å²) in [6, 6.07) is 11.4. The summed E-state index contributed by atoms with van der Waals surface area (Å²) in [6.45, 7) is 12.4. The number of carbonyl (C=O) groups excluding carboxylic acids is 1. The van der Waals surface area contributed by atoms with Gasteiger partial charge in [0.25, 0.3) is 0 Å². The van der Waals surface area contributed by atoms with Crippen LogP contribution in [0.3, 0.4) is 0 Å². The minimum absolute atomic E-state index is 0.0803. The van der Waals surface area contributed by atoms with Gasteiger partial charge in [-0.1, -0.05) is 49.6 Å². The summed E-state index contributed by atoms with van der Waals surface area (Å²) in [6.07, 6.45) is 5.06. The number of allylic oxidation sites excluding steroid dienone is 2. The highest BCUT2D eigenvalue weighted by molar-refractivity contribution is 7.90. The van der Waals surface area contributed by atoms with Crippen LogP contribution in [0, 0.1) is 0 Å². The van der Waals surface area contributed by atoms with Crippen LogP contribution >= 0.6 is 0 Å². The molecule has 8 heteroatoms. The van der Waals surface area contributed by atoms with Gasteiger partial charge in [-0.2, -0.15) is 0 Å². The van der Waals surface area contributed by atoms with E-state index in [1.165, 1.54) is 17.7 Å². The molecular formula is C27H33N3O4S. The maximum absolute atomic E-state index is 13.0. The van der Waals surface area contributed by atoms with Gasteiger partial charge in [0.15, 0.2) is 9.84 Å². The van der Waals surface area contributed by atoms with Crippen LogP contribution in [0.1, 0.15) is 23.6 Å². The quantitative estimate of drug-likeness (QED) is 0.450. The highest BCUT2D eigenvalue weighted by Crippen LogP contribution is 2.26. The van der Waals surface area contributed by atoms with E-state index in [0.717, 1.165) is 36.3 Å². The van der Waals surface area contributed by atoms with E-state index < -0.39 is 15.9 Å². The number of carbonyl (C=O) groups is 1. The lowest BCUT2D eigenvalue weighted by atomic mass is 10.1. The van der Waals surface area contributed by atoms with Crippen LogP contribution in [0.2, 0.25) is 0 Å². The van der Waals surface area contributed by atoms with Gasteiger partial charge in [0.2, 0.25) is 0 Å². The molecule has 2 aromatic carbocycles. The first-order chi connectivity index (χ1) is 16.7. The molecule has 0 bridgehead atoms. The van der Waals surface area contributed by atoms with E-state index in [0.29, 0.717) is 12.3 Å². The van der Waals surface area contributed by atoms with Crippen molar-refractivity contribution in [2.75, 3.05) is 25.6 Å². The van der Waals surface area contributed by atoms with E-state index in [1.54, 1.807) is 37.5 Å². The van der Waals surface area contributed by atoms with Crippen molar-refractivity contribution in [3.8, 4) is 0 Å². The molecule has 0 fully saturated rings. The fourth-order valence-electron chi connectivity index (χ4n) is 4.01. The SMILES string of the molecule is C=C/C=C(\C=C)C(C)NC(=O)Nc1ccc(S(=O)(=O)Cc2ccc3c(c2)CN(CCOC)C3)cc1. The second kappa shape index (κ2) is 12.0. The predicted octanol–water partition coefficient (Wildman–Crippen LogP) is 4.43. The normalized spacial score (nSPS) is 14.7. The summed E-state index contributed by atoms with van der Waals surface area (Å²) in [5.41, 5.74) is 4.47. The third kappa shape index (κ3) is 7.14. The van der Waals surface area contributed by atoms with Gasteiger partial charge < -0.3 is 15.4 Å². The van der Waals surface area contributed by atoms with Crippen molar-refractivity contribution in [2.24, 2.45) is 0 Å². The summed E-state index contributed by atoms with van der Waals surface area (Å²) in [5.74, 6) is -0.0803. The molecule has 0 aliphatic carbocycles. The smallest absolute Gasteiger partial charge is 0.319 e. The largest absolute Gasteiger partial charge is 0.383 e. The van der Waals surface area contributed by atoms with Crippen LogP contribution in [0.4, 0.5) is 10.5 Å². The second-order valence-corrected chi connectivity index (χ2v) is 10.5. The molecule has 3 rings (SSSR count). The van der Waals surface area contributed by atoms with Crippen molar-refractivity contribution < 1.29 is 17.9 Å². The van der Waals surface area contributed by atoms with E-state index in [9.17, 15) is 13.2 Å². The van der Waals surface area contributed by atoms with E-state index in [1.807, 2.05) is 25.1 Å². The van der Waals surface area contributed by atoms with Gasteiger partial charge in [-0.05, 0) is 53.5 Å². The minimum Gasteiger partial charge on any atom is -0.383 e. The van der Waals surface area contributed by atoms with Crippen LogP contribution in [-0.2, 0) is 33.4 Å². The Hall–Kier alpha value is -3.20. The molecule has 0 radical (unpaired) electrons. The zero-order valence-electron chi connectivity index (χ0n) is 20.3. The summed E-state index contributed by atoms with van der Waals surface area (Å²) < 4.78 is 31.2. The molecule has 0 aromatic heterocycles. The molecule has 1 aliphatic rings. The van der Waals surface area contributed by atoms with Crippen LogP contribution in [0.25, 0.3) is 0 Å². The lowest BCUT2D eigenvalue weighted by molar-refractivity contribution is 0.147. The van der Waals surface area contributed by atoms with Crippen LogP contribution in [-0.4, -0.2) is 45.7 Å². The Labute approximate surface area is 208 Å². The monoisotopic (exact) mass is 495 g/mol. The van der Waals surface area contributed by atoms with Crippen molar-refractivity contribution in [3.05, 3.63) is 96.1 Å². The van der Waals surface area contributed by atoms with E-state index >= 15 is 0 Å². The Bertz CT molecular complexity index is 1200. The Kier molecular flexibility index (Phi) is 9.03. The Morgan fingerprint density at radius 2 is 1.86 bits per heavy atom. The lowest BCUT2D eigenvalue weighted by Crippen LogP contribution is -2.36. The average molecular weight is 496 g/mol. The van der Waals surface area contributed by atoms with Crippen molar-refractivity contribution in [2.45, 2.75) is 36.7 Å². The minimum atomic E-state index is -3.53. The number of methoxy groups -OCH3 is 1. The Morgan fingerprint density at radius 3 is 2.51 bits per heavy atom. The Balaban J connectivity index is 1.61. The molecule has 1 atom stereocenters. The summed E-state index contributed by atoms with van der Waals surface area (Å²) in [5, 5.41) is 5.53. The topological polar surface area (TPSA) is 87.7 Å². The summed E-state index contributed by atoms with van der Waals surface area (Å²) >= 11 is 0. The fraction of sp³-hybridized carbons (Fsp3) is 0.296. The lowest BCUT2D eigenvalue weighted by Gasteiger charge is -2.16. The number of hydrogen-bond donors (Lipinski definition) is 2. The van der Waals surface area contributed by atoms with Gasteiger partial charge in [-0.15, -0.1) is 0 Å². The molecule has 2 aromatic rings. The number of anilines is 1. The first-order valence-corrected chi connectivity index (χ1v) is 13.1. The van der Waals surface area contributed by atoms with Gasteiger partial charge >= 0.3 is 6.03 Å². The molecule has 0 saturated carbocycles. The molecule has 1 unspecified atom stereocenters. The fourth-order valence-corrected chi connectivity index (χ4v) is 5.34. The number of nitrogens with zero attached hydrogens (tertiary/aromatic N) is 1. The van der Waals surface area contributed by atoms with Gasteiger partial charge in [-0.25, -0.2) is 13.2 Å². The van der Waals surface area contributed by atoms with E-state index in [-0.39, 0.29) is 16.7 Å². The highest BCUT2D eigenvalue weighted by Gasteiger charge is 2.21. The standard InChI is InChI=1S/C27H33N3O4S/c1-5-7-22(6-2)20(3)28-27(31)29-25-10-12-26(13-11-25)35(32,33)19-21-8-9-23-17-30(14-15-34-4)18-24(23)16-21/h5-13,16,20H,1-2,14-15,17-19H2,3-4H3,(H2,28,29,31)/b22-7+. The zero-order chi connectivity index (χ0) is 25.4. The molecular weight excluding hydrogens is 462 g/mol. The van der Waals surface area contributed by atoms with Crippen LogP contribution < -0.4 is 10.6 Å². The number of amides is 2. The van der Waals surface area contributed by atoms with Gasteiger partial charge in [0, 0.05) is 32.4 Å². The van der Waals surface area contributed by atoms with Crippen molar-refractivity contribution in [3.63, 3.8) is 0 Å². The number of hydrogen-bond acceptors (Lipinski definition) is 5. The Morgan fingerprint density at radius 1 is 1.14 bits per heavy atom. The maximum atomic E-state index is 13.0. The maximum Gasteiger partial charge on any atom is 0.319 e. The number of ether oxygens (including phenoxy) is 1. The molecule has 186 valence electrons. The van der Waals surface area contributed by atoms with Crippen molar-refractivity contribution in [1.82, 2.24) is 10.2 Å². The second-order valence-electron chi connectivity index (χ2n) is 8.52. The van der Waals surface area contributed by atoms with Gasteiger partial charge in [0.1, 0.15) is 0 Å².